The average Bonchev–Trinajstić information content (AvgIpc) is 3.05. The number of nitrogens with one attached hydrogen (secondary N) is 1. The fourth-order valence-electron chi connectivity index (χ4n) is 2.40. The second-order valence-electron chi connectivity index (χ2n) is 5.36. The van der Waals surface area contributed by atoms with E-state index in [1.807, 2.05) is 30.3 Å². The number of nitrogens with zero attached hydrogens (tertiary/aromatic N) is 1. The molecule has 0 saturated carbocycles. The zero-order chi connectivity index (χ0) is 17.8. The van der Waals surface area contributed by atoms with Crippen LogP contribution in [-0.2, 0) is 0 Å². The van der Waals surface area contributed by atoms with Crippen molar-refractivity contribution in [2.45, 2.75) is 6.92 Å². The molecule has 0 atom stereocenters. The summed E-state index contributed by atoms with van der Waals surface area (Å²) in [6.45, 7) is 1.77. The van der Waals surface area contributed by atoms with E-state index < -0.39 is 5.97 Å². The first-order valence-electron chi connectivity index (χ1n) is 7.52. The van der Waals surface area contributed by atoms with Gasteiger partial charge in [-0.3, -0.25) is 5.43 Å². The first kappa shape index (κ1) is 17.0. The van der Waals surface area contributed by atoms with Crippen LogP contribution in [0.5, 0.6) is 0 Å². The number of halogens is 1. The minimum atomic E-state index is -0.952. The third kappa shape index (κ3) is 3.97. The molecule has 5 nitrogen and oxygen atoms in total. The van der Waals surface area contributed by atoms with Gasteiger partial charge in [0.05, 0.1) is 17.5 Å². The highest BCUT2D eigenvalue weighted by Crippen LogP contribution is 2.27. The number of carboxylic acids is 1. The van der Waals surface area contributed by atoms with Crippen molar-refractivity contribution in [3.05, 3.63) is 76.0 Å². The molecule has 0 fully saturated rings. The van der Waals surface area contributed by atoms with Gasteiger partial charge in [-0.2, -0.15) is 5.10 Å². The Kier molecular flexibility index (Phi) is 5.00. The highest BCUT2D eigenvalue weighted by molar-refractivity contribution is 9.10. The molecular formula is C19H15BrN2O3. The summed E-state index contributed by atoms with van der Waals surface area (Å²) in [5.74, 6) is 0.219. The van der Waals surface area contributed by atoms with Crippen molar-refractivity contribution in [1.82, 2.24) is 0 Å². The van der Waals surface area contributed by atoms with Gasteiger partial charge < -0.3 is 9.52 Å². The fourth-order valence-corrected chi connectivity index (χ4v) is 2.66. The highest BCUT2D eigenvalue weighted by atomic mass is 79.9. The summed E-state index contributed by atoms with van der Waals surface area (Å²) in [7, 11) is 0. The summed E-state index contributed by atoms with van der Waals surface area (Å²) in [4.78, 5) is 11.2. The Morgan fingerprint density at radius 1 is 1.16 bits per heavy atom. The third-order valence-corrected chi connectivity index (χ3v) is 4.21. The monoisotopic (exact) mass is 398 g/mol. The molecule has 0 saturated heterocycles. The minimum absolute atomic E-state index is 0.265. The van der Waals surface area contributed by atoms with Crippen molar-refractivity contribution >= 4 is 33.8 Å². The molecule has 3 rings (SSSR count). The van der Waals surface area contributed by atoms with Gasteiger partial charge in [0.15, 0.2) is 0 Å². The van der Waals surface area contributed by atoms with Crippen LogP contribution in [0.2, 0.25) is 0 Å². The number of carboxylic acid groups (broad SMARTS) is 1. The van der Waals surface area contributed by atoms with Crippen molar-refractivity contribution in [2.24, 2.45) is 5.10 Å². The van der Waals surface area contributed by atoms with E-state index in [-0.39, 0.29) is 5.56 Å². The molecular weight excluding hydrogens is 384 g/mol. The summed E-state index contributed by atoms with van der Waals surface area (Å²) >= 11 is 3.38. The molecule has 126 valence electrons. The molecule has 0 unspecified atom stereocenters. The Hall–Kier alpha value is -2.86. The smallest absolute Gasteiger partial charge is 0.335 e. The van der Waals surface area contributed by atoms with E-state index in [1.165, 1.54) is 0 Å². The van der Waals surface area contributed by atoms with E-state index in [9.17, 15) is 9.90 Å². The predicted octanol–water partition coefficient (Wildman–Crippen LogP) is 5.16. The summed E-state index contributed by atoms with van der Waals surface area (Å²) in [5, 5.41) is 13.4. The van der Waals surface area contributed by atoms with Crippen LogP contribution >= 0.6 is 15.9 Å². The summed E-state index contributed by atoms with van der Waals surface area (Å²) in [6, 6.07) is 16.3. The topological polar surface area (TPSA) is 74.8 Å². The number of anilines is 1. The highest BCUT2D eigenvalue weighted by Gasteiger charge is 2.13. The fraction of sp³-hybridized carbons (Fsp3) is 0.0526. The second kappa shape index (κ2) is 7.36. The molecule has 0 aliphatic rings. The van der Waals surface area contributed by atoms with Crippen molar-refractivity contribution in [2.75, 3.05) is 5.43 Å². The van der Waals surface area contributed by atoms with Crippen LogP contribution in [-0.4, -0.2) is 17.3 Å². The molecule has 6 heteroatoms. The van der Waals surface area contributed by atoms with Crippen LogP contribution in [0, 0.1) is 6.92 Å². The van der Waals surface area contributed by atoms with Crippen LogP contribution in [0.4, 0.5) is 5.69 Å². The van der Waals surface area contributed by atoms with Gasteiger partial charge in [0.25, 0.3) is 0 Å². The summed E-state index contributed by atoms with van der Waals surface area (Å²) in [6.07, 6.45) is 1.57. The maximum atomic E-state index is 11.2. The van der Waals surface area contributed by atoms with Crippen LogP contribution in [0.25, 0.3) is 11.3 Å². The zero-order valence-corrected chi connectivity index (χ0v) is 14.9. The van der Waals surface area contributed by atoms with Gasteiger partial charge in [0.1, 0.15) is 11.5 Å². The Labute approximate surface area is 153 Å². The van der Waals surface area contributed by atoms with Crippen LogP contribution in [0.15, 0.2) is 68.6 Å². The largest absolute Gasteiger partial charge is 0.478 e. The summed E-state index contributed by atoms with van der Waals surface area (Å²) < 4.78 is 6.75. The Bertz CT molecular complexity index is 930. The Morgan fingerprint density at radius 3 is 2.64 bits per heavy atom. The Balaban J connectivity index is 1.76. The van der Waals surface area contributed by atoms with Gasteiger partial charge >= 0.3 is 5.97 Å². The first-order valence-corrected chi connectivity index (χ1v) is 8.31. The standard InChI is InChI=1S/C19H15BrN2O3/c1-12-16(3-2-4-17(12)19(23)24)18-10-9-15(25-18)11-21-22-14-7-5-13(20)6-8-14/h2-11,22H,1H3,(H,23,24)/b21-11-. The number of hydrogen-bond acceptors (Lipinski definition) is 4. The van der Waals surface area contributed by atoms with Crippen molar-refractivity contribution < 1.29 is 14.3 Å². The van der Waals surface area contributed by atoms with Gasteiger partial charge in [0.2, 0.25) is 0 Å². The number of aromatic carboxylic acids is 1. The SMILES string of the molecule is Cc1c(C(=O)O)cccc1-c1ccc(/C=N\Nc2ccc(Br)cc2)o1. The van der Waals surface area contributed by atoms with Crippen LogP contribution in [0.3, 0.4) is 0 Å². The molecule has 0 spiro atoms. The van der Waals surface area contributed by atoms with Gasteiger partial charge in [-0.25, -0.2) is 4.79 Å². The van der Waals surface area contributed by atoms with Gasteiger partial charge in [-0.15, -0.1) is 0 Å². The quantitative estimate of drug-likeness (QED) is 0.459. The van der Waals surface area contributed by atoms with E-state index in [2.05, 4.69) is 26.5 Å². The lowest BCUT2D eigenvalue weighted by molar-refractivity contribution is 0.0696. The normalized spacial score (nSPS) is 11.0. The third-order valence-electron chi connectivity index (χ3n) is 3.69. The van der Waals surface area contributed by atoms with Crippen molar-refractivity contribution in [1.29, 1.82) is 0 Å². The molecule has 0 bridgehead atoms. The molecule has 0 amide bonds. The number of benzene rings is 2. The Morgan fingerprint density at radius 2 is 1.92 bits per heavy atom. The van der Waals surface area contributed by atoms with Crippen LogP contribution in [0.1, 0.15) is 21.7 Å². The molecule has 0 aliphatic carbocycles. The minimum Gasteiger partial charge on any atom is -0.478 e. The lowest BCUT2D eigenvalue weighted by Gasteiger charge is -2.05. The van der Waals surface area contributed by atoms with E-state index in [4.69, 9.17) is 4.42 Å². The van der Waals surface area contributed by atoms with Crippen molar-refractivity contribution in [3.8, 4) is 11.3 Å². The lowest BCUT2D eigenvalue weighted by Crippen LogP contribution is -2.00. The number of carbonyl (C=O) groups is 1. The lowest BCUT2D eigenvalue weighted by atomic mass is 10.0. The zero-order valence-electron chi connectivity index (χ0n) is 13.4. The van der Waals surface area contributed by atoms with Gasteiger partial charge in [0, 0.05) is 10.0 Å². The van der Waals surface area contributed by atoms with E-state index in [1.54, 1.807) is 37.4 Å². The van der Waals surface area contributed by atoms with Crippen LogP contribution < -0.4 is 5.43 Å². The van der Waals surface area contributed by atoms with E-state index >= 15 is 0 Å². The maximum Gasteiger partial charge on any atom is 0.335 e. The average molecular weight is 399 g/mol. The maximum absolute atomic E-state index is 11.2. The van der Waals surface area contributed by atoms with Gasteiger partial charge in [-0.1, -0.05) is 28.1 Å². The molecule has 1 aromatic heterocycles. The second-order valence-corrected chi connectivity index (χ2v) is 6.28. The molecule has 25 heavy (non-hydrogen) atoms. The predicted molar refractivity (Wildman–Crippen MR) is 101 cm³/mol. The summed E-state index contributed by atoms with van der Waals surface area (Å²) in [5.41, 5.74) is 5.46. The van der Waals surface area contributed by atoms with Crippen molar-refractivity contribution in [3.63, 3.8) is 0 Å². The molecule has 2 aromatic carbocycles. The molecule has 3 aromatic rings. The number of rotatable bonds is 5. The number of hydrazone groups is 1. The molecule has 0 radical (unpaired) electrons. The number of hydrogen-bond donors (Lipinski definition) is 2. The molecule has 2 N–H and O–H groups in total. The van der Waals surface area contributed by atoms with E-state index in [0.717, 1.165) is 15.7 Å². The first-order chi connectivity index (χ1) is 12.0. The number of furan rings is 1. The van der Waals surface area contributed by atoms with E-state index in [0.29, 0.717) is 17.1 Å². The molecule has 1 heterocycles. The molecule has 0 aliphatic heterocycles. The van der Waals surface area contributed by atoms with Gasteiger partial charge in [-0.05, 0) is 55.0 Å².